The summed E-state index contributed by atoms with van der Waals surface area (Å²) in [6.45, 7) is 1.23. The van der Waals surface area contributed by atoms with Crippen molar-refractivity contribution < 1.29 is 28.6 Å². The first kappa shape index (κ1) is 16.3. The molecule has 25 heavy (non-hydrogen) atoms. The van der Waals surface area contributed by atoms with Gasteiger partial charge in [-0.25, -0.2) is 9.59 Å². The van der Waals surface area contributed by atoms with Gasteiger partial charge >= 0.3 is 17.6 Å². The van der Waals surface area contributed by atoms with Gasteiger partial charge in [0.2, 0.25) is 0 Å². The number of benzene rings is 2. The van der Waals surface area contributed by atoms with Gasteiger partial charge < -0.3 is 19.0 Å². The van der Waals surface area contributed by atoms with E-state index in [0.717, 1.165) is 0 Å². The zero-order chi connectivity index (χ0) is 18.0. The van der Waals surface area contributed by atoms with Crippen molar-refractivity contribution in [3.63, 3.8) is 0 Å². The van der Waals surface area contributed by atoms with Gasteiger partial charge in [0.15, 0.2) is 5.75 Å². The van der Waals surface area contributed by atoms with Gasteiger partial charge in [0.25, 0.3) is 5.75 Å². The SMILES string of the molecule is CC(=O)Oc1ccc2c(O)c(OC(=O)c3ccccc3)c(=O)oc2c1. The van der Waals surface area contributed by atoms with E-state index < -0.39 is 29.1 Å². The number of aromatic hydroxyl groups is 1. The van der Waals surface area contributed by atoms with Crippen LogP contribution in [0.3, 0.4) is 0 Å². The minimum atomic E-state index is -1.03. The highest BCUT2D eigenvalue weighted by molar-refractivity contribution is 5.93. The molecule has 0 spiro atoms. The molecule has 7 nitrogen and oxygen atoms in total. The number of hydrogen-bond donors (Lipinski definition) is 1. The molecule has 3 rings (SSSR count). The van der Waals surface area contributed by atoms with Crippen LogP contribution in [0.5, 0.6) is 17.2 Å². The molecular formula is C18H12O7. The minimum Gasteiger partial charge on any atom is -0.504 e. The normalized spacial score (nSPS) is 10.4. The van der Waals surface area contributed by atoms with Crippen molar-refractivity contribution in [1.82, 2.24) is 0 Å². The van der Waals surface area contributed by atoms with E-state index in [1.165, 1.54) is 37.3 Å². The Labute approximate surface area is 141 Å². The summed E-state index contributed by atoms with van der Waals surface area (Å²) >= 11 is 0. The molecule has 0 atom stereocenters. The third-order valence-electron chi connectivity index (χ3n) is 3.28. The van der Waals surface area contributed by atoms with E-state index in [0.29, 0.717) is 0 Å². The van der Waals surface area contributed by atoms with Crippen LogP contribution in [-0.2, 0) is 4.79 Å². The van der Waals surface area contributed by atoms with Crippen LogP contribution in [-0.4, -0.2) is 17.0 Å². The standard InChI is InChI=1S/C18H12O7/c1-10(19)23-12-7-8-13-14(9-12)24-18(22)16(15(13)20)25-17(21)11-5-3-2-4-6-11/h2-9,20H,1H3. The largest absolute Gasteiger partial charge is 0.504 e. The summed E-state index contributed by atoms with van der Waals surface area (Å²) in [5.74, 6) is -2.35. The molecular weight excluding hydrogens is 328 g/mol. The molecule has 0 amide bonds. The summed E-state index contributed by atoms with van der Waals surface area (Å²) in [4.78, 5) is 35.1. The highest BCUT2D eigenvalue weighted by Gasteiger charge is 2.20. The number of fused-ring (bicyclic) bond motifs is 1. The molecule has 0 unspecified atom stereocenters. The molecule has 2 aromatic carbocycles. The van der Waals surface area contributed by atoms with Gasteiger partial charge in [0, 0.05) is 13.0 Å². The topological polar surface area (TPSA) is 103 Å². The van der Waals surface area contributed by atoms with E-state index >= 15 is 0 Å². The Morgan fingerprint density at radius 2 is 1.76 bits per heavy atom. The van der Waals surface area contributed by atoms with Crippen LogP contribution in [0.4, 0.5) is 0 Å². The van der Waals surface area contributed by atoms with E-state index in [4.69, 9.17) is 13.9 Å². The van der Waals surface area contributed by atoms with Gasteiger partial charge in [0.1, 0.15) is 11.3 Å². The second-order valence-corrected chi connectivity index (χ2v) is 5.07. The fraction of sp³-hybridized carbons (Fsp3) is 0.0556. The lowest BCUT2D eigenvalue weighted by Crippen LogP contribution is -2.14. The summed E-state index contributed by atoms with van der Waals surface area (Å²) in [5, 5.41) is 10.4. The van der Waals surface area contributed by atoms with Crippen LogP contribution in [0.1, 0.15) is 17.3 Å². The fourth-order valence-electron chi connectivity index (χ4n) is 2.19. The van der Waals surface area contributed by atoms with Crippen molar-refractivity contribution in [2.75, 3.05) is 0 Å². The molecule has 1 aromatic heterocycles. The molecule has 0 radical (unpaired) electrons. The van der Waals surface area contributed by atoms with Crippen LogP contribution in [0.25, 0.3) is 11.0 Å². The number of carbonyl (C=O) groups excluding carboxylic acids is 2. The zero-order valence-corrected chi connectivity index (χ0v) is 13.0. The fourth-order valence-corrected chi connectivity index (χ4v) is 2.19. The van der Waals surface area contributed by atoms with Crippen LogP contribution in [0, 0.1) is 0 Å². The molecule has 1 heterocycles. The van der Waals surface area contributed by atoms with E-state index in [1.54, 1.807) is 18.2 Å². The average Bonchev–Trinajstić information content (AvgIpc) is 2.58. The smallest absolute Gasteiger partial charge is 0.383 e. The Kier molecular flexibility index (Phi) is 4.21. The van der Waals surface area contributed by atoms with Gasteiger partial charge in [-0.3, -0.25) is 4.79 Å². The lowest BCUT2D eigenvalue weighted by atomic mass is 10.2. The molecule has 3 aromatic rings. The van der Waals surface area contributed by atoms with Crippen molar-refractivity contribution >= 4 is 22.9 Å². The second-order valence-electron chi connectivity index (χ2n) is 5.07. The van der Waals surface area contributed by atoms with Gasteiger partial charge in [-0.05, 0) is 24.3 Å². The highest BCUT2D eigenvalue weighted by atomic mass is 16.6. The monoisotopic (exact) mass is 340 g/mol. The molecule has 0 aliphatic heterocycles. The molecule has 0 aliphatic carbocycles. The third kappa shape index (κ3) is 3.35. The summed E-state index contributed by atoms with van der Waals surface area (Å²) in [6, 6.07) is 12.1. The zero-order valence-electron chi connectivity index (χ0n) is 13.0. The molecule has 0 fully saturated rings. The maximum absolute atomic E-state index is 12.1. The predicted octanol–water partition coefficient (Wildman–Crippen LogP) is 2.64. The number of rotatable bonds is 3. The summed E-state index contributed by atoms with van der Waals surface area (Å²) in [5.41, 5.74) is -0.832. The van der Waals surface area contributed by atoms with E-state index in [-0.39, 0.29) is 22.3 Å². The molecule has 7 heteroatoms. The van der Waals surface area contributed by atoms with Crippen LogP contribution < -0.4 is 15.1 Å². The average molecular weight is 340 g/mol. The van der Waals surface area contributed by atoms with Crippen LogP contribution in [0.2, 0.25) is 0 Å². The first-order chi connectivity index (χ1) is 12.0. The first-order valence-electron chi connectivity index (χ1n) is 7.21. The molecule has 1 N–H and O–H groups in total. The summed E-state index contributed by atoms with van der Waals surface area (Å²) < 4.78 is 14.9. The van der Waals surface area contributed by atoms with Crippen LogP contribution in [0.15, 0.2) is 57.7 Å². The maximum Gasteiger partial charge on any atom is 0.383 e. The van der Waals surface area contributed by atoms with Gasteiger partial charge in [-0.2, -0.15) is 0 Å². The summed E-state index contributed by atoms with van der Waals surface area (Å²) in [7, 11) is 0. The Morgan fingerprint density at radius 3 is 2.44 bits per heavy atom. The van der Waals surface area contributed by atoms with Crippen molar-refractivity contribution in [2.24, 2.45) is 0 Å². The Hall–Kier alpha value is -3.61. The maximum atomic E-state index is 12.1. The minimum absolute atomic E-state index is 0.0132. The Balaban J connectivity index is 2.01. The second kappa shape index (κ2) is 6.48. The van der Waals surface area contributed by atoms with Crippen molar-refractivity contribution in [3.8, 4) is 17.2 Å². The number of esters is 2. The number of ether oxygens (including phenoxy) is 2. The van der Waals surface area contributed by atoms with Gasteiger partial charge in [-0.15, -0.1) is 0 Å². The Morgan fingerprint density at radius 1 is 1.04 bits per heavy atom. The lowest BCUT2D eigenvalue weighted by Gasteiger charge is -2.08. The van der Waals surface area contributed by atoms with Crippen molar-refractivity contribution in [2.45, 2.75) is 6.92 Å². The lowest BCUT2D eigenvalue weighted by molar-refractivity contribution is -0.131. The molecule has 126 valence electrons. The van der Waals surface area contributed by atoms with Crippen molar-refractivity contribution in [1.29, 1.82) is 0 Å². The third-order valence-corrected chi connectivity index (χ3v) is 3.28. The van der Waals surface area contributed by atoms with Crippen LogP contribution >= 0.6 is 0 Å². The van der Waals surface area contributed by atoms with E-state index in [1.807, 2.05) is 0 Å². The van der Waals surface area contributed by atoms with E-state index in [9.17, 15) is 19.5 Å². The van der Waals surface area contributed by atoms with Crippen molar-refractivity contribution in [3.05, 3.63) is 64.5 Å². The Bertz CT molecular complexity index is 1020. The quantitative estimate of drug-likeness (QED) is 0.444. The molecule has 0 aliphatic rings. The molecule has 0 saturated carbocycles. The van der Waals surface area contributed by atoms with Gasteiger partial charge in [-0.1, -0.05) is 18.2 Å². The summed E-state index contributed by atoms with van der Waals surface area (Å²) in [6.07, 6.45) is 0. The highest BCUT2D eigenvalue weighted by Crippen LogP contribution is 2.33. The predicted molar refractivity (Wildman–Crippen MR) is 86.9 cm³/mol. The number of carbonyl (C=O) groups is 2. The first-order valence-corrected chi connectivity index (χ1v) is 7.21. The van der Waals surface area contributed by atoms with Gasteiger partial charge in [0.05, 0.1) is 10.9 Å². The molecule has 0 saturated heterocycles. The van der Waals surface area contributed by atoms with E-state index in [2.05, 4.69) is 0 Å². The molecule has 0 bridgehead atoms. The number of hydrogen-bond acceptors (Lipinski definition) is 7.